The lowest BCUT2D eigenvalue weighted by Gasteiger charge is -2.22. The standard InChI is InChI=1S/C29H27F3IN7O2/c1-5-38-15-34-29(37-38)40(33)27(41)21-14-23-25(35-17(21)4)36-26(39(23)6-2)24(20-9-7-8-10-22(20)30)19-12-11-18(13-16(19)3)42-28(31)32/h7-15,24,28H,5-6H2,1-4H3. The number of fused-ring (bicyclic) bond motifs is 1. The van der Waals surface area contributed by atoms with Crippen LogP contribution in [0, 0.1) is 19.7 Å². The van der Waals surface area contributed by atoms with Gasteiger partial charge in [0.15, 0.2) is 5.65 Å². The molecule has 3 heterocycles. The topological polar surface area (TPSA) is 91.0 Å². The molecular weight excluding hydrogens is 662 g/mol. The Hall–Kier alpha value is -4.01. The molecule has 0 N–H and O–H groups in total. The summed E-state index contributed by atoms with van der Waals surface area (Å²) in [4.78, 5) is 27.3. The molecule has 9 nitrogen and oxygen atoms in total. The Bertz CT molecular complexity index is 1770. The van der Waals surface area contributed by atoms with Gasteiger partial charge in [-0.1, -0.05) is 24.3 Å². The van der Waals surface area contributed by atoms with Crippen LogP contribution in [-0.2, 0) is 13.1 Å². The average Bonchev–Trinajstić information content (AvgIpc) is 3.58. The van der Waals surface area contributed by atoms with Gasteiger partial charge >= 0.3 is 6.61 Å². The van der Waals surface area contributed by atoms with E-state index in [0.29, 0.717) is 58.0 Å². The van der Waals surface area contributed by atoms with Gasteiger partial charge in [0.2, 0.25) is 0 Å². The fourth-order valence-electron chi connectivity index (χ4n) is 4.95. The van der Waals surface area contributed by atoms with Gasteiger partial charge in [-0.15, -0.1) is 5.10 Å². The molecule has 13 heteroatoms. The van der Waals surface area contributed by atoms with Crippen molar-refractivity contribution in [2.75, 3.05) is 3.11 Å². The number of alkyl halides is 2. The highest BCUT2D eigenvalue weighted by Crippen LogP contribution is 2.38. The molecule has 3 aromatic heterocycles. The molecule has 42 heavy (non-hydrogen) atoms. The van der Waals surface area contributed by atoms with Crippen LogP contribution >= 0.6 is 22.9 Å². The Morgan fingerprint density at radius 2 is 1.81 bits per heavy atom. The van der Waals surface area contributed by atoms with Crippen molar-refractivity contribution in [1.29, 1.82) is 0 Å². The molecule has 0 spiro atoms. The average molecular weight is 689 g/mol. The zero-order valence-electron chi connectivity index (χ0n) is 23.2. The number of amides is 1. The van der Waals surface area contributed by atoms with Crippen molar-refractivity contribution in [1.82, 2.24) is 29.3 Å². The van der Waals surface area contributed by atoms with Crippen LogP contribution < -0.4 is 7.85 Å². The number of halogens is 4. The first-order chi connectivity index (χ1) is 20.1. The number of nitrogens with zero attached hydrogens (tertiary/aromatic N) is 7. The predicted molar refractivity (Wildman–Crippen MR) is 160 cm³/mol. The molecule has 2 aromatic carbocycles. The highest BCUT2D eigenvalue weighted by molar-refractivity contribution is 14.1. The molecular formula is C29H27F3IN7O2. The second-order valence-electron chi connectivity index (χ2n) is 9.52. The summed E-state index contributed by atoms with van der Waals surface area (Å²) in [6.07, 6.45) is 1.55. The first-order valence-corrected chi connectivity index (χ1v) is 14.2. The monoisotopic (exact) mass is 689 g/mol. The van der Waals surface area contributed by atoms with Crippen LogP contribution in [0.25, 0.3) is 11.2 Å². The lowest BCUT2D eigenvalue weighted by atomic mass is 9.87. The van der Waals surface area contributed by atoms with E-state index < -0.39 is 18.3 Å². The fraction of sp³-hybridized carbons (Fsp3) is 0.276. The van der Waals surface area contributed by atoms with E-state index in [-0.39, 0.29) is 17.6 Å². The highest BCUT2D eigenvalue weighted by atomic mass is 127. The number of aromatic nitrogens is 6. The maximum atomic E-state index is 15.4. The van der Waals surface area contributed by atoms with Gasteiger partial charge in [-0.3, -0.25) is 9.48 Å². The zero-order chi connectivity index (χ0) is 30.1. The van der Waals surface area contributed by atoms with Gasteiger partial charge in [0.05, 0.1) is 45.6 Å². The first kappa shape index (κ1) is 29.5. The summed E-state index contributed by atoms with van der Waals surface area (Å²) < 4.78 is 50.5. The number of hydrogen-bond acceptors (Lipinski definition) is 6. The van der Waals surface area contributed by atoms with Crippen molar-refractivity contribution in [2.24, 2.45) is 0 Å². The maximum Gasteiger partial charge on any atom is 0.387 e. The quantitative estimate of drug-likeness (QED) is 0.128. The summed E-state index contributed by atoms with van der Waals surface area (Å²) in [6.45, 7) is 5.40. The summed E-state index contributed by atoms with van der Waals surface area (Å²) in [6, 6.07) is 12.7. The molecule has 0 radical (unpaired) electrons. The van der Waals surface area contributed by atoms with Crippen molar-refractivity contribution in [3.05, 3.63) is 94.4 Å². The van der Waals surface area contributed by atoms with Crippen molar-refractivity contribution in [2.45, 2.75) is 53.3 Å². The third kappa shape index (κ3) is 5.56. The number of benzene rings is 2. The van der Waals surface area contributed by atoms with E-state index in [1.807, 2.05) is 41.3 Å². The summed E-state index contributed by atoms with van der Waals surface area (Å²) >= 11 is 1.87. The molecule has 1 atom stereocenters. The van der Waals surface area contributed by atoms with Crippen LogP contribution in [0.1, 0.15) is 58.3 Å². The number of carbonyl (C=O) groups is 1. The molecule has 0 aliphatic rings. The van der Waals surface area contributed by atoms with Crippen LogP contribution in [-0.4, -0.2) is 41.8 Å². The molecule has 1 unspecified atom stereocenters. The number of rotatable bonds is 9. The zero-order valence-corrected chi connectivity index (χ0v) is 25.4. The van der Waals surface area contributed by atoms with Crippen molar-refractivity contribution >= 4 is 45.9 Å². The molecule has 218 valence electrons. The van der Waals surface area contributed by atoms with Gasteiger partial charge in [-0.05, 0) is 63.1 Å². The molecule has 0 aliphatic heterocycles. The Morgan fingerprint density at radius 3 is 2.45 bits per heavy atom. The van der Waals surface area contributed by atoms with Gasteiger partial charge < -0.3 is 9.30 Å². The Kier molecular flexibility index (Phi) is 8.48. The van der Waals surface area contributed by atoms with Gasteiger partial charge in [0.1, 0.15) is 23.7 Å². The second kappa shape index (κ2) is 12.1. The second-order valence-corrected chi connectivity index (χ2v) is 10.5. The van der Waals surface area contributed by atoms with E-state index in [2.05, 4.69) is 19.8 Å². The summed E-state index contributed by atoms with van der Waals surface area (Å²) in [7, 11) is 0. The Morgan fingerprint density at radius 1 is 1.05 bits per heavy atom. The number of aryl methyl sites for hydroxylation is 4. The molecule has 0 fully saturated rings. The summed E-state index contributed by atoms with van der Waals surface area (Å²) in [5, 5.41) is 4.31. The predicted octanol–water partition coefficient (Wildman–Crippen LogP) is 6.60. The smallest absolute Gasteiger partial charge is 0.387 e. The largest absolute Gasteiger partial charge is 0.435 e. The van der Waals surface area contributed by atoms with E-state index in [4.69, 9.17) is 4.98 Å². The molecule has 5 aromatic rings. The van der Waals surface area contributed by atoms with Crippen LogP contribution in [0.4, 0.5) is 19.1 Å². The van der Waals surface area contributed by atoms with Crippen LogP contribution in [0.3, 0.4) is 0 Å². The molecule has 0 aliphatic carbocycles. The maximum absolute atomic E-state index is 15.4. The first-order valence-electron chi connectivity index (χ1n) is 13.2. The lowest BCUT2D eigenvalue weighted by Crippen LogP contribution is -2.23. The number of ether oxygens (including phenoxy) is 1. The lowest BCUT2D eigenvalue weighted by molar-refractivity contribution is -0.0498. The summed E-state index contributed by atoms with van der Waals surface area (Å²) in [5.41, 5.74) is 3.44. The summed E-state index contributed by atoms with van der Waals surface area (Å²) in [5.74, 6) is -0.745. The van der Waals surface area contributed by atoms with Crippen LogP contribution in [0.15, 0.2) is 54.9 Å². The van der Waals surface area contributed by atoms with E-state index in [9.17, 15) is 13.6 Å². The van der Waals surface area contributed by atoms with Gasteiger partial charge in [0, 0.05) is 18.7 Å². The van der Waals surface area contributed by atoms with E-state index in [1.165, 1.54) is 21.3 Å². The number of hydrogen-bond donors (Lipinski definition) is 0. The number of imidazole rings is 1. The van der Waals surface area contributed by atoms with Gasteiger partial charge in [-0.25, -0.2) is 17.5 Å². The molecule has 0 saturated heterocycles. The normalized spacial score (nSPS) is 12.2. The van der Waals surface area contributed by atoms with Crippen LogP contribution in [0.5, 0.6) is 5.75 Å². The number of carbonyl (C=O) groups excluding carboxylic acids is 1. The van der Waals surface area contributed by atoms with E-state index in [1.54, 1.807) is 55.2 Å². The van der Waals surface area contributed by atoms with Gasteiger partial charge in [0.25, 0.3) is 11.9 Å². The molecule has 0 saturated carbocycles. The minimum absolute atomic E-state index is 0.00425. The third-order valence-electron chi connectivity index (χ3n) is 6.96. The van der Waals surface area contributed by atoms with Crippen LogP contribution in [0.2, 0.25) is 0 Å². The molecule has 5 rings (SSSR count). The Balaban J connectivity index is 1.66. The number of anilines is 1. The molecule has 0 bridgehead atoms. The van der Waals surface area contributed by atoms with Crippen molar-refractivity contribution < 1.29 is 22.7 Å². The fourth-order valence-corrected chi connectivity index (χ4v) is 5.43. The highest BCUT2D eigenvalue weighted by Gasteiger charge is 2.29. The third-order valence-corrected chi connectivity index (χ3v) is 7.83. The van der Waals surface area contributed by atoms with E-state index in [0.717, 1.165) is 0 Å². The van der Waals surface area contributed by atoms with E-state index >= 15 is 4.39 Å². The van der Waals surface area contributed by atoms with Crippen molar-refractivity contribution in [3.8, 4) is 5.75 Å². The number of pyridine rings is 1. The van der Waals surface area contributed by atoms with Crippen molar-refractivity contribution in [3.63, 3.8) is 0 Å². The minimum Gasteiger partial charge on any atom is -0.435 e. The van der Waals surface area contributed by atoms with Gasteiger partial charge in [-0.2, -0.15) is 13.8 Å². The Labute approximate surface area is 253 Å². The molecule has 1 amide bonds. The minimum atomic E-state index is -2.97. The SMILES string of the molecule is CCn1cnc(N(I)C(=O)c2cc3c(nc2C)nc(C(c2ccc(OC(F)F)cc2C)c2ccccc2F)n3CC)n1.